The van der Waals surface area contributed by atoms with E-state index in [0.29, 0.717) is 11.8 Å². The van der Waals surface area contributed by atoms with E-state index < -0.39 is 0 Å². The zero-order chi connectivity index (χ0) is 14.1. The normalized spacial score (nSPS) is 39.1. The maximum Gasteiger partial charge on any atom is 0.248 e. The number of hydrogen-bond acceptors (Lipinski definition) is 2. The zero-order valence-corrected chi connectivity index (χ0v) is 12.4. The van der Waals surface area contributed by atoms with Crippen LogP contribution in [0.4, 0.5) is 0 Å². The van der Waals surface area contributed by atoms with Gasteiger partial charge in [0.1, 0.15) is 0 Å². The first-order valence-corrected chi connectivity index (χ1v) is 7.63. The average Bonchev–Trinajstić information content (AvgIpc) is 2.61. The largest absolute Gasteiger partial charge is 0.326 e. The van der Waals surface area contributed by atoms with Crippen LogP contribution in [0.25, 0.3) is 0 Å². The van der Waals surface area contributed by atoms with Crippen molar-refractivity contribution in [2.75, 3.05) is 13.6 Å². The molecule has 3 nitrogen and oxygen atoms in total. The number of aromatic amines is 1. The third-order valence-corrected chi connectivity index (χ3v) is 5.82. The maximum absolute atomic E-state index is 11.7. The molecule has 1 N–H and O–H groups in total. The molecule has 20 heavy (non-hydrogen) atoms. The van der Waals surface area contributed by atoms with Crippen LogP contribution in [-0.2, 0) is 12.0 Å². The Morgan fingerprint density at radius 1 is 1.40 bits per heavy atom. The third kappa shape index (κ3) is 1.37. The lowest BCUT2D eigenvalue weighted by Gasteiger charge is -2.51. The van der Waals surface area contributed by atoms with Crippen LogP contribution in [0.5, 0.6) is 0 Å². The SMILES string of the molecule is CC1=C[C@H]2Cc3[nH]c(=O)ccc3[C@@]3(C1)[C@@H]2[C@H](C)CN3C. The Bertz CT molecular complexity index is 659. The van der Waals surface area contributed by atoms with Gasteiger partial charge in [-0.2, -0.15) is 0 Å². The summed E-state index contributed by atoms with van der Waals surface area (Å²) in [4.78, 5) is 17.3. The number of allylic oxidation sites excluding steroid dienone is 1. The summed E-state index contributed by atoms with van der Waals surface area (Å²) < 4.78 is 0. The molecule has 106 valence electrons. The van der Waals surface area contributed by atoms with Crippen LogP contribution in [0.15, 0.2) is 28.6 Å². The van der Waals surface area contributed by atoms with Gasteiger partial charge >= 0.3 is 0 Å². The highest BCUT2D eigenvalue weighted by atomic mass is 16.1. The predicted octanol–water partition coefficient (Wildman–Crippen LogP) is 2.29. The summed E-state index contributed by atoms with van der Waals surface area (Å²) in [6.07, 6.45) is 4.56. The molecule has 2 aliphatic carbocycles. The number of fused-ring (bicyclic) bond motifs is 1. The van der Waals surface area contributed by atoms with Gasteiger partial charge in [-0.05, 0) is 56.2 Å². The first kappa shape index (κ1) is 12.4. The molecule has 0 spiro atoms. The van der Waals surface area contributed by atoms with Crippen molar-refractivity contribution in [3.8, 4) is 0 Å². The molecule has 1 saturated heterocycles. The van der Waals surface area contributed by atoms with Crippen LogP contribution >= 0.6 is 0 Å². The molecule has 4 rings (SSSR count). The number of nitrogens with one attached hydrogen (secondary N) is 1. The molecule has 1 aromatic rings. The molecule has 0 unspecified atom stereocenters. The lowest BCUT2D eigenvalue weighted by molar-refractivity contribution is 0.0724. The fourth-order valence-electron chi connectivity index (χ4n) is 5.40. The van der Waals surface area contributed by atoms with Crippen molar-refractivity contribution in [3.05, 3.63) is 45.4 Å². The van der Waals surface area contributed by atoms with Crippen molar-refractivity contribution in [2.24, 2.45) is 17.8 Å². The van der Waals surface area contributed by atoms with E-state index in [2.05, 4.69) is 42.9 Å². The number of hydrogen-bond donors (Lipinski definition) is 1. The Morgan fingerprint density at radius 2 is 2.20 bits per heavy atom. The monoisotopic (exact) mass is 270 g/mol. The van der Waals surface area contributed by atoms with Gasteiger partial charge in [0.15, 0.2) is 0 Å². The molecule has 0 saturated carbocycles. The Hall–Kier alpha value is -1.35. The molecule has 4 atom stereocenters. The summed E-state index contributed by atoms with van der Waals surface area (Å²) in [5.41, 5.74) is 4.19. The molecule has 0 amide bonds. The van der Waals surface area contributed by atoms with Crippen molar-refractivity contribution < 1.29 is 0 Å². The van der Waals surface area contributed by atoms with Crippen molar-refractivity contribution in [3.63, 3.8) is 0 Å². The summed E-state index contributed by atoms with van der Waals surface area (Å²) in [6, 6.07) is 3.79. The summed E-state index contributed by atoms with van der Waals surface area (Å²) in [6.45, 7) is 5.81. The topological polar surface area (TPSA) is 36.1 Å². The standard InChI is InChI=1S/C17H22N2O/c1-10-6-12-7-14-13(4-5-15(20)18-14)17(8-10)16(12)11(2)9-19(17)3/h4-6,11-12,16H,7-9H2,1-3H3,(H,18,20)/t11-,12+,16-,17+/m1/s1. The lowest BCUT2D eigenvalue weighted by atomic mass is 9.58. The van der Waals surface area contributed by atoms with Gasteiger partial charge in [-0.1, -0.05) is 18.6 Å². The molecule has 3 aliphatic rings. The van der Waals surface area contributed by atoms with E-state index in [0.717, 1.165) is 25.3 Å². The first-order valence-electron chi connectivity index (χ1n) is 7.63. The highest BCUT2D eigenvalue weighted by Crippen LogP contribution is 2.58. The highest BCUT2D eigenvalue weighted by Gasteiger charge is 2.58. The minimum atomic E-state index is 0.0334. The van der Waals surface area contributed by atoms with Crippen molar-refractivity contribution >= 4 is 0 Å². The number of H-pyrrole nitrogens is 1. The van der Waals surface area contributed by atoms with Crippen molar-refractivity contribution in [2.45, 2.75) is 32.2 Å². The number of likely N-dealkylation sites (tertiary alicyclic amines) is 1. The second-order valence-corrected chi connectivity index (χ2v) is 7.08. The van der Waals surface area contributed by atoms with Crippen LogP contribution in [0.2, 0.25) is 0 Å². The molecule has 0 aromatic carbocycles. The first-order chi connectivity index (χ1) is 9.52. The van der Waals surface area contributed by atoms with E-state index in [-0.39, 0.29) is 11.1 Å². The number of rotatable bonds is 0. The number of pyridine rings is 1. The van der Waals surface area contributed by atoms with Crippen LogP contribution in [0.3, 0.4) is 0 Å². The molecular weight excluding hydrogens is 248 g/mol. The van der Waals surface area contributed by atoms with Gasteiger partial charge in [-0.3, -0.25) is 9.69 Å². The number of nitrogens with zero attached hydrogens (tertiary/aromatic N) is 1. The van der Waals surface area contributed by atoms with Gasteiger partial charge in [0.05, 0.1) is 5.54 Å². The summed E-state index contributed by atoms with van der Waals surface area (Å²) in [5, 5.41) is 0. The molecule has 1 aromatic heterocycles. The second kappa shape index (κ2) is 3.85. The van der Waals surface area contributed by atoms with E-state index in [1.165, 1.54) is 16.8 Å². The predicted molar refractivity (Wildman–Crippen MR) is 79.6 cm³/mol. The van der Waals surface area contributed by atoms with Gasteiger partial charge in [0.25, 0.3) is 0 Å². The molecule has 3 heteroatoms. The Balaban J connectivity index is 2.01. The molecule has 1 aliphatic heterocycles. The van der Waals surface area contributed by atoms with Gasteiger partial charge in [0.2, 0.25) is 5.56 Å². The van der Waals surface area contributed by atoms with Crippen LogP contribution in [0.1, 0.15) is 31.5 Å². The van der Waals surface area contributed by atoms with E-state index in [9.17, 15) is 4.79 Å². The van der Waals surface area contributed by atoms with Crippen LogP contribution in [0, 0.1) is 17.8 Å². The summed E-state index contributed by atoms with van der Waals surface area (Å²) in [5.74, 6) is 1.98. The van der Waals surface area contributed by atoms with E-state index in [1.807, 2.05) is 0 Å². The van der Waals surface area contributed by atoms with Crippen molar-refractivity contribution in [1.82, 2.24) is 9.88 Å². The molecule has 1 fully saturated rings. The highest BCUT2D eigenvalue weighted by molar-refractivity contribution is 5.41. The second-order valence-electron chi connectivity index (χ2n) is 7.08. The minimum Gasteiger partial charge on any atom is -0.326 e. The molecule has 2 bridgehead atoms. The Morgan fingerprint density at radius 3 is 3.00 bits per heavy atom. The summed E-state index contributed by atoms with van der Waals surface area (Å²) >= 11 is 0. The van der Waals surface area contributed by atoms with Crippen LogP contribution in [-0.4, -0.2) is 23.5 Å². The minimum absolute atomic E-state index is 0.0334. The van der Waals surface area contributed by atoms with E-state index in [4.69, 9.17) is 0 Å². The fourth-order valence-corrected chi connectivity index (χ4v) is 5.40. The quantitative estimate of drug-likeness (QED) is 0.734. The maximum atomic E-state index is 11.7. The Kier molecular flexibility index (Phi) is 2.39. The lowest BCUT2D eigenvalue weighted by Crippen LogP contribution is -2.52. The average molecular weight is 270 g/mol. The van der Waals surface area contributed by atoms with Crippen molar-refractivity contribution in [1.29, 1.82) is 0 Å². The molecular formula is C17H22N2O. The molecule has 0 radical (unpaired) electrons. The van der Waals surface area contributed by atoms with E-state index >= 15 is 0 Å². The van der Waals surface area contributed by atoms with Gasteiger partial charge in [0, 0.05) is 18.3 Å². The molecule has 2 heterocycles. The van der Waals surface area contributed by atoms with Gasteiger partial charge < -0.3 is 4.98 Å². The summed E-state index contributed by atoms with van der Waals surface area (Å²) in [7, 11) is 2.26. The smallest absolute Gasteiger partial charge is 0.248 e. The Labute approximate surface area is 119 Å². The zero-order valence-electron chi connectivity index (χ0n) is 12.4. The van der Waals surface area contributed by atoms with E-state index in [1.54, 1.807) is 6.07 Å². The third-order valence-electron chi connectivity index (χ3n) is 5.82. The van der Waals surface area contributed by atoms with Gasteiger partial charge in [-0.15, -0.1) is 0 Å². The van der Waals surface area contributed by atoms with Crippen LogP contribution < -0.4 is 5.56 Å². The fraction of sp³-hybridized carbons (Fsp3) is 0.588. The van der Waals surface area contributed by atoms with Gasteiger partial charge in [-0.25, -0.2) is 0 Å². The number of aromatic nitrogens is 1.